The molecule has 0 bridgehead atoms. The number of unbranched alkanes of at least 4 members (excludes halogenated alkanes) is 1. The van der Waals surface area contributed by atoms with Crippen LogP contribution in [0.1, 0.15) is 42.0 Å². The molecule has 0 aliphatic rings. The second-order valence-electron chi connectivity index (χ2n) is 5.47. The van der Waals surface area contributed by atoms with Crippen molar-refractivity contribution in [1.82, 2.24) is 0 Å². The molecular weight excluding hydrogens is 292 g/mol. The molecule has 0 radical (unpaired) electrons. The lowest BCUT2D eigenvalue weighted by atomic mass is 10.0. The Morgan fingerprint density at radius 3 is 2.52 bits per heavy atom. The zero-order chi connectivity index (χ0) is 16.7. The van der Waals surface area contributed by atoms with Crippen LogP contribution in [0.15, 0.2) is 42.5 Å². The van der Waals surface area contributed by atoms with Crippen LogP contribution in [0.3, 0.4) is 0 Å². The first-order valence-electron chi connectivity index (χ1n) is 7.77. The van der Waals surface area contributed by atoms with E-state index >= 15 is 0 Å². The Hall–Kier alpha value is -2.47. The molecule has 2 aromatic rings. The Bertz CT molecular complexity index is 742. The number of nitrogens with zero attached hydrogens (tertiary/aromatic N) is 1. The normalized spacial score (nSPS) is 10.9. The molecule has 2 rings (SSSR count). The van der Waals surface area contributed by atoms with Gasteiger partial charge in [0, 0.05) is 0 Å². The topological polar surface area (TPSA) is 23.8 Å². The maximum absolute atomic E-state index is 14.1. The summed E-state index contributed by atoms with van der Waals surface area (Å²) in [6, 6.07) is 11.5. The predicted molar refractivity (Wildman–Crippen MR) is 88.9 cm³/mol. The summed E-state index contributed by atoms with van der Waals surface area (Å²) in [7, 11) is 0. The third-order valence-electron chi connectivity index (χ3n) is 3.68. The summed E-state index contributed by atoms with van der Waals surface area (Å²) in [6.07, 6.45) is 7.03. The van der Waals surface area contributed by atoms with Crippen molar-refractivity contribution in [1.29, 1.82) is 5.26 Å². The summed E-state index contributed by atoms with van der Waals surface area (Å²) in [5, 5.41) is 8.71. The molecule has 118 valence electrons. The average molecular weight is 311 g/mol. The molecule has 0 unspecified atom stereocenters. The first-order chi connectivity index (χ1) is 11.1. The van der Waals surface area contributed by atoms with Crippen LogP contribution in [0.25, 0.3) is 6.08 Å². The molecule has 3 heteroatoms. The van der Waals surface area contributed by atoms with Gasteiger partial charge in [-0.15, -0.1) is 0 Å². The lowest BCUT2D eigenvalue weighted by molar-refractivity contribution is 0.606. The van der Waals surface area contributed by atoms with Crippen LogP contribution in [0.4, 0.5) is 8.78 Å². The zero-order valence-corrected chi connectivity index (χ0v) is 13.2. The number of benzene rings is 2. The Balaban J connectivity index is 2.03. The average Bonchev–Trinajstić information content (AvgIpc) is 2.54. The Kier molecular flexibility index (Phi) is 6.05. The maximum atomic E-state index is 14.1. The molecule has 0 aliphatic heterocycles. The highest BCUT2D eigenvalue weighted by molar-refractivity contribution is 5.50. The Labute approximate surface area is 135 Å². The molecule has 0 saturated heterocycles. The van der Waals surface area contributed by atoms with Crippen LogP contribution in [0, 0.1) is 23.0 Å². The van der Waals surface area contributed by atoms with Crippen molar-refractivity contribution in [2.45, 2.75) is 32.6 Å². The number of hydrogen-bond acceptors (Lipinski definition) is 1. The maximum Gasteiger partial charge on any atom is 0.141 e. The van der Waals surface area contributed by atoms with Gasteiger partial charge in [0.15, 0.2) is 0 Å². The van der Waals surface area contributed by atoms with E-state index in [0.717, 1.165) is 24.0 Å². The molecule has 0 aliphatic carbocycles. The minimum atomic E-state index is -0.526. The number of rotatable bonds is 6. The first kappa shape index (κ1) is 16.9. The third kappa shape index (κ3) is 4.75. The summed E-state index contributed by atoms with van der Waals surface area (Å²) in [5.74, 6) is -0.764. The molecule has 0 heterocycles. The monoisotopic (exact) mass is 311 g/mol. The standard InChI is InChI=1S/C20H19F2N/c1-2-3-4-5-15-6-9-17(19(21)12-15)10-7-16-8-11-18(14-23)20(22)13-16/h4-6,8-9,11-13H,2-3,7,10H2,1H3. The number of halogens is 2. The van der Waals surface area contributed by atoms with Gasteiger partial charge in [0.1, 0.15) is 17.7 Å². The fraction of sp³-hybridized carbons (Fsp3) is 0.250. The van der Waals surface area contributed by atoms with Gasteiger partial charge in [-0.2, -0.15) is 5.26 Å². The SMILES string of the molecule is CCCC=Cc1ccc(CCc2ccc(C#N)c(F)c2)c(F)c1. The van der Waals surface area contributed by atoms with Crippen molar-refractivity contribution in [2.75, 3.05) is 0 Å². The van der Waals surface area contributed by atoms with Crippen LogP contribution in [-0.4, -0.2) is 0 Å². The first-order valence-corrected chi connectivity index (χ1v) is 7.77. The van der Waals surface area contributed by atoms with Gasteiger partial charge in [-0.3, -0.25) is 0 Å². The lowest BCUT2D eigenvalue weighted by Crippen LogP contribution is -1.97. The molecule has 0 atom stereocenters. The van der Waals surface area contributed by atoms with Gasteiger partial charge < -0.3 is 0 Å². The smallest absolute Gasteiger partial charge is 0.141 e. The van der Waals surface area contributed by atoms with Crippen LogP contribution < -0.4 is 0 Å². The number of hydrogen-bond donors (Lipinski definition) is 0. The molecular formula is C20H19F2N. The van der Waals surface area contributed by atoms with Crippen LogP contribution in [-0.2, 0) is 12.8 Å². The highest BCUT2D eigenvalue weighted by Gasteiger charge is 2.06. The molecule has 0 saturated carbocycles. The summed E-state index contributed by atoms with van der Waals surface area (Å²) in [6.45, 7) is 2.10. The molecule has 0 spiro atoms. The molecule has 2 aromatic carbocycles. The van der Waals surface area contributed by atoms with Crippen molar-refractivity contribution < 1.29 is 8.78 Å². The van der Waals surface area contributed by atoms with Gasteiger partial charge >= 0.3 is 0 Å². The predicted octanol–water partition coefficient (Wildman–Crippen LogP) is 5.43. The van der Waals surface area contributed by atoms with Crippen molar-refractivity contribution in [3.8, 4) is 6.07 Å². The molecule has 0 N–H and O–H groups in total. The van der Waals surface area contributed by atoms with Gasteiger partial charge in [-0.1, -0.05) is 43.7 Å². The van der Waals surface area contributed by atoms with E-state index in [9.17, 15) is 8.78 Å². The summed E-state index contributed by atoms with van der Waals surface area (Å²) in [4.78, 5) is 0. The quantitative estimate of drug-likeness (QED) is 0.697. The van der Waals surface area contributed by atoms with Crippen molar-refractivity contribution in [2.24, 2.45) is 0 Å². The third-order valence-corrected chi connectivity index (χ3v) is 3.68. The second-order valence-corrected chi connectivity index (χ2v) is 5.47. The highest BCUT2D eigenvalue weighted by Crippen LogP contribution is 2.16. The zero-order valence-electron chi connectivity index (χ0n) is 13.2. The van der Waals surface area contributed by atoms with Gasteiger partial charge in [0.2, 0.25) is 0 Å². The van der Waals surface area contributed by atoms with Gasteiger partial charge in [-0.05, 0) is 54.2 Å². The Morgan fingerprint density at radius 2 is 1.87 bits per heavy atom. The minimum Gasteiger partial charge on any atom is -0.207 e. The van der Waals surface area contributed by atoms with E-state index in [1.165, 1.54) is 18.2 Å². The fourth-order valence-corrected chi connectivity index (χ4v) is 2.34. The number of allylic oxidation sites excluding steroid dienone is 1. The van der Waals surface area contributed by atoms with E-state index in [2.05, 4.69) is 6.92 Å². The van der Waals surface area contributed by atoms with E-state index in [4.69, 9.17) is 5.26 Å². The van der Waals surface area contributed by atoms with Crippen LogP contribution >= 0.6 is 0 Å². The summed E-state index contributed by atoms with van der Waals surface area (Å²) < 4.78 is 27.7. The van der Waals surface area contributed by atoms with Gasteiger partial charge in [0.05, 0.1) is 5.56 Å². The van der Waals surface area contributed by atoms with Crippen LogP contribution in [0.2, 0.25) is 0 Å². The summed E-state index contributed by atoms with van der Waals surface area (Å²) in [5.41, 5.74) is 2.25. The molecule has 0 fully saturated rings. The number of aryl methyl sites for hydroxylation is 2. The van der Waals surface area contributed by atoms with Gasteiger partial charge in [0.25, 0.3) is 0 Å². The molecule has 0 aromatic heterocycles. The van der Waals surface area contributed by atoms with E-state index < -0.39 is 5.82 Å². The van der Waals surface area contributed by atoms with E-state index in [1.54, 1.807) is 18.2 Å². The fourth-order valence-electron chi connectivity index (χ4n) is 2.34. The summed E-state index contributed by atoms with van der Waals surface area (Å²) >= 11 is 0. The molecule has 23 heavy (non-hydrogen) atoms. The molecule has 0 amide bonds. The second kappa shape index (κ2) is 8.24. The van der Waals surface area contributed by atoms with E-state index in [0.29, 0.717) is 18.4 Å². The van der Waals surface area contributed by atoms with Crippen LogP contribution in [0.5, 0.6) is 0 Å². The minimum absolute atomic E-state index is 0.0307. The van der Waals surface area contributed by atoms with E-state index in [1.807, 2.05) is 18.2 Å². The van der Waals surface area contributed by atoms with Crippen molar-refractivity contribution in [3.05, 3.63) is 76.4 Å². The van der Waals surface area contributed by atoms with Crippen molar-refractivity contribution >= 4 is 6.08 Å². The molecule has 1 nitrogen and oxygen atoms in total. The van der Waals surface area contributed by atoms with Crippen molar-refractivity contribution in [3.63, 3.8) is 0 Å². The van der Waals surface area contributed by atoms with E-state index in [-0.39, 0.29) is 11.4 Å². The Morgan fingerprint density at radius 1 is 1.04 bits per heavy atom. The largest absolute Gasteiger partial charge is 0.207 e. The lowest BCUT2D eigenvalue weighted by Gasteiger charge is -2.06. The number of nitriles is 1. The van der Waals surface area contributed by atoms with Gasteiger partial charge in [-0.25, -0.2) is 8.78 Å². The highest BCUT2D eigenvalue weighted by atomic mass is 19.1.